The number of hydrogen-bond acceptors (Lipinski definition) is 12. The molecule has 0 atom stereocenters. The maximum Gasteiger partial charge on any atom is 0.237 e. The van der Waals surface area contributed by atoms with Crippen LogP contribution in [0, 0.1) is 0 Å². The molecule has 0 bridgehead atoms. The molecular weight excluding hydrogens is 1570 g/mol. The standard InChI is InChI=1S/4C28H20N4/c1-28(2)21-13-7-5-11-19(21)23-17-9-3-4-10-18(17)26-24(25(23)28)20-12-6-8-14-22(20)32(26)27-30-15-29-16-31-27;1-28(2)21-13-7-5-11-19(21)23-17-9-3-4-10-18(17)24-20-12-6-8-14-22(20)32(26(24)25(23)28)27-30-15-29-16-31-27;1-28(2)23-10-6-5-9-19(23)20-14-26-22(13-24(20)28)21-11-17-7-3-4-8-18(17)12-25(21)32(26)27-30-15-29-16-31-27;1-28(2)22-10-6-5-9-19(22)20-12-13-21-24-18-8-4-3-7-17(18)11-14-23(24)32(26(21)25(20)28)27-30-15-29-16-31-27/h4*3-16H,1-2H3. The van der Waals surface area contributed by atoms with Gasteiger partial charge >= 0.3 is 0 Å². The molecule has 24 aromatic rings. The molecule has 0 radical (unpaired) electrons. The van der Waals surface area contributed by atoms with Gasteiger partial charge in [0.15, 0.2) is 0 Å². The van der Waals surface area contributed by atoms with Gasteiger partial charge in [-0.25, -0.2) is 59.8 Å². The summed E-state index contributed by atoms with van der Waals surface area (Å²) in [6.07, 6.45) is 12.6. The van der Waals surface area contributed by atoms with Gasteiger partial charge in [-0.05, 0) is 169 Å². The highest BCUT2D eigenvalue weighted by Crippen LogP contribution is 2.60. The number of benzene rings is 16. The number of hydrogen-bond donors (Lipinski definition) is 0. The first kappa shape index (κ1) is 74.4. The Morgan fingerprint density at radius 3 is 1.16 bits per heavy atom. The highest BCUT2D eigenvalue weighted by atomic mass is 15.2. The summed E-state index contributed by atoms with van der Waals surface area (Å²) in [5, 5.41) is 19.9. The lowest BCUT2D eigenvalue weighted by Gasteiger charge is -2.24. The summed E-state index contributed by atoms with van der Waals surface area (Å²) < 4.78 is 8.83. The van der Waals surface area contributed by atoms with Gasteiger partial charge in [0.05, 0.1) is 44.1 Å². The summed E-state index contributed by atoms with van der Waals surface area (Å²) in [5.41, 5.74) is 30.1. The van der Waals surface area contributed by atoms with E-state index in [0.29, 0.717) is 23.8 Å². The van der Waals surface area contributed by atoms with E-state index in [2.05, 4.69) is 425 Å². The third-order valence-electron chi connectivity index (χ3n) is 28.0. The van der Waals surface area contributed by atoms with E-state index in [9.17, 15) is 0 Å². The van der Waals surface area contributed by atoms with Crippen LogP contribution in [0.25, 0.3) is 199 Å². The zero-order valence-electron chi connectivity index (χ0n) is 71.5. The molecule has 8 aromatic heterocycles. The van der Waals surface area contributed by atoms with Crippen LogP contribution in [0.3, 0.4) is 0 Å². The minimum absolute atomic E-state index is 0.0431. The molecule has 608 valence electrons. The molecule has 4 aliphatic carbocycles. The van der Waals surface area contributed by atoms with E-state index in [1.165, 1.54) is 186 Å². The van der Waals surface area contributed by atoms with Crippen LogP contribution in [0.2, 0.25) is 0 Å². The lowest BCUT2D eigenvalue weighted by molar-refractivity contribution is 0.661. The van der Waals surface area contributed by atoms with E-state index >= 15 is 0 Å². The highest BCUT2D eigenvalue weighted by molar-refractivity contribution is 6.29. The molecular formula is C112H80N16. The SMILES string of the molecule is CC1(C)c2ccccc2-c2c1c1c(c3ccccc23)c2ccccc2n1-c1ncncn1.CC1(C)c2ccccc2-c2c1c1c3ccccc3n(-c3ncncn3)c1c1ccccc21.CC1(C)c2ccccc2-c2cc3c(cc21)c1cc2ccccc2cc1n3-c1ncncn1.CC1(C)c2ccccc2-c2ccc3c4c5ccccc5ccc4n(-c4ncncn4)c3c21. The molecule has 8 heterocycles. The molecule has 16 heteroatoms. The topological polar surface area (TPSA) is 174 Å². The third kappa shape index (κ3) is 10.5. The molecule has 16 aromatic carbocycles. The number of rotatable bonds is 4. The summed E-state index contributed by atoms with van der Waals surface area (Å²) in [6, 6.07) is 105. The van der Waals surface area contributed by atoms with E-state index in [4.69, 9.17) is 0 Å². The molecule has 0 spiro atoms. The van der Waals surface area contributed by atoms with E-state index in [1.54, 1.807) is 50.6 Å². The van der Waals surface area contributed by atoms with Crippen molar-refractivity contribution in [3.63, 3.8) is 0 Å². The Labute approximate surface area is 735 Å². The van der Waals surface area contributed by atoms with Crippen molar-refractivity contribution in [3.8, 4) is 68.3 Å². The van der Waals surface area contributed by atoms with E-state index < -0.39 is 0 Å². The zero-order chi connectivity index (χ0) is 85.8. The van der Waals surface area contributed by atoms with Crippen molar-refractivity contribution in [3.05, 3.63) is 386 Å². The number of nitrogens with zero attached hydrogens (tertiary/aromatic N) is 16. The lowest BCUT2D eigenvalue weighted by atomic mass is 9.79. The van der Waals surface area contributed by atoms with Gasteiger partial charge in [-0.1, -0.05) is 304 Å². The molecule has 28 rings (SSSR count). The molecule has 0 saturated heterocycles. The average Bonchev–Trinajstić information content (AvgIpc) is 1.41. The molecule has 0 unspecified atom stereocenters. The van der Waals surface area contributed by atoms with Crippen molar-refractivity contribution in [2.45, 2.75) is 77.0 Å². The van der Waals surface area contributed by atoms with Crippen molar-refractivity contribution in [1.29, 1.82) is 0 Å². The van der Waals surface area contributed by atoms with E-state index in [-0.39, 0.29) is 21.7 Å². The number of fused-ring (bicyclic) bond motifs is 36. The van der Waals surface area contributed by atoms with Crippen molar-refractivity contribution < 1.29 is 0 Å². The first-order valence-electron chi connectivity index (χ1n) is 43.5. The van der Waals surface area contributed by atoms with E-state index in [0.717, 1.165) is 33.1 Å². The van der Waals surface area contributed by atoms with Crippen LogP contribution in [-0.2, 0) is 21.7 Å². The fourth-order valence-corrected chi connectivity index (χ4v) is 22.6. The summed E-state index contributed by atoms with van der Waals surface area (Å²) >= 11 is 0. The van der Waals surface area contributed by atoms with Crippen molar-refractivity contribution in [2.75, 3.05) is 0 Å². The molecule has 16 nitrogen and oxygen atoms in total. The number of aromatic nitrogens is 16. The van der Waals surface area contributed by atoms with Crippen LogP contribution in [0.15, 0.2) is 342 Å². The molecule has 0 fully saturated rings. The van der Waals surface area contributed by atoms with Crippen LogP contribution in [0.1, 0.15) is 99.9 Å². The Kier molecular flexibility index (Phi) is 16.1. The maximum absolute atomic E-state index is 4.56. The second kappa shape index (κ2) is 27.6. The Bertz CT molecular complexity index is 8780. The summed E-state index contributed by atoms with van der Waals surface area (Å²) in [6.45, 7) is 18.7. The normalized spacial score (nSPS) is 14.2. The predicted molar refractivity (Wildman–Crippen MR) is 517 cm³/mol. The minimum Gasteiger partial charge on any atom is -0.278 e. The summed E-state index contributed by atoms with van der Waals surface area (Å²) in [7, 11) is 0. The predicted octanol–water partition coefficient (Wildman–Crippen LogP) is 25.7. The van der Waals surface area contributed by atoms with Crippen molar-refractivity contribution in [1.82, 2.24) is 78.1 Å². The Balaban J connectivity index is 0.0000000926. The third-order valence-corrected chi connectivity index (χ3v) is 28.0. The first-order valence-corrected chi connectivity index (χ1v) is 43.5. The quantitative estimate of drug-likeness (QED) is 0.163. The van der Waals surface area contributed by atoms with Gasteiger partial charge in [-0.2, -0.15) is 0 Å². The van der Waals surface area contributed by atoms with E-state index in [1.807, 2.05) is 0 Å². The second-order valence-electron chi connectivity index (χ2n) is 36.0. The first-order chi connectivity index (χ1) is 62.6. The molecule has 0 saturated carbocycles. The maximum atomic E-state index is 4.56. The largest absolute Gasteiger partial charge is 0.278 e. The van der Waals surface area contributed by atoms with Gasteiger partial charge in [-0.15, -0.1) is 0 Å². The molecule has 0 aliphatic heterocycles. The summed E-state index contributed by atoms with van der Waals surface area (Å²) in [4.78, 5) is 52.6. The Morgan fingerprint density at radius 1 is 0.195 bits per heavy atom. The fraction of sp³-hybridized carbons (Fsp3) is 0.107. The van der Waals surface area contributed by atoms with Gasteiger partial charge in [0.1, 0.15) is 50.6 Å². The van der Waals surface area contributed by atoms with Crippen LogP contribution in [-0.4, -0.2) is 78.1 Å². The molecule has 0 amide bonds. The molecule has 4 aliphatic rings. The van der Waals surface area contributed by atoms with Gasteiger partial charge in [0, 0.05) is 70.1 Å². The van der Waals surface area contributed by atoms with Gasteiger partial charge in [-0.3, -0.25) is 18.3 Å². The zero-order valence-corrected chi connectivity index (χ0v) is 71.5. The van der Waals surface area contributed by atoms with Gasteiger partial charge in [0.25, 0.3) is 0 Å². The minimum atomic E-state index is -0.159. The van der Waals surface area contributed by atoms with Crippen LogP contribution < -0.4 is 0 Å². The lowest BCUT2D eigenvalue weighted by Crippen LogP contribution is -2.17. The smallest absolute Gasteiger partial charge is 0.237 e. The monoisotopic (exact) mass is 1650 g/mol. The summed E-state index contributed by atoms with van der Waals surface area (Å²) in [5.74, 6) is 2.58. The average molecular weight is 1650 g/mol. The van der Waals surface area contributed by atoms with Crippen LogP contribution >= 0.6 is 0 Å². The number of para-hydroxylation sites is 2. The Hall–Kier alpha value is -16.2. The second-order valence-corrected chi connectivity index (χ2v) is 36.0. The fourth-order valence-electron chi connectivity index (χ4n) is 22.6. The van der Waals surface area contributed by atoms with Crippen molar-refractivity contribution >= 4 is 130 Å². The molecule has 128 heavy (non-hydrogen) atoms. The van der Waals surface area contributed by atoms with Crippen molar-refractivity contribution in [2.24, 2.45) is 0 Å². The highest BCUT2D eigenvalue weighted by Gasteiger charge is 2.44. The Morgan fingerprint density at radius 2 is 0.586 bits per heavy atom. The van der Waals surface area contributed by atoms with Crippen LogP contribution in [0.5, 0.6) is 0 Å². The van der Waals surface area contributed by atoms with Crippen LogP contribution in [0.4, 0.5) is 0 Å². The van der Waals surface area contributed by atoms with Gasteiger partial charge < -0.3 is 0 Å². The van der Waals surface area contributed by atoms with Gasteiger partial charge in [0.2, 0.25) is 23.8 Å². The molecule has 0 N–H and O–H groups in total.